The quantitative estimate of drug-likeness (QED) is 0.812. The summed E-state index contributed by atoms with van der Waals surface area (Å²) < 4.78 is 26.4. The van der Waals surface area contributed by atoms with Gasteiger partial charge in [0.25, 0.3) is 5.91 Å². The Morgan fingerprint density at radius 1 is 1.06 bits per heavy atom. The molecule has 2 aromatic carbocycles. The predicted molar refractivity (Wildman–Crippen MR) is 73.5 cm³/mol. The zero-order valence-corrected chi connectivity index (χ0v) is 11.2. The fourth-order valence-electron chi connectivity index (χ4n) is 1.37. The van der Waals surface area contributed by atoms with Crippen molar-refractivity contribution < 1.29 is 13.6 Å². The lowest BCUT2D eigenvalue weighted by Gasteiger charge is -2.05. The summed E-state index contributed by atoms with van der Waals surface area (Å²) in [6.07, 6.45) is 0. The van der Waals surface area contributed by atoms with Crippen LogP contribution in [-0.2, 0) is 0 Å². The fourth-order valence-corrected chi connectivity index (χ4v) is 1.71. The Morgan fingerprint density at radius 2 is 1.72 bits per heavy atom. The summed E-state index contributed by atoms with van der Waals surface area (Å²) in [5.74, 6) is -1.26. The Labute approximate surface area is 116 Å². The van der Waals surface area contributed by atoms with Crippen LogP contribution in [0.15, 0.2) is 42.5 Å². The molecule has 5 heteroatoms. The minimum Gasteiger partial charge on any atom is -0.322 e. The van der Waals surface area contributed by atoms with Crippen molar-refractivity contribution in [1.29, 1.82) is 0 Å². The first kappa shape index (κ1) is 12.9. The molecule has 2 nitrogen and oxygen atoms in total. The van der Waals surface area contributed by atoms with Crippen molar-refractivity contribution in [2.24, 2.45) is 0 Å². The van der Waals surface area contributed by atoms with E-state index in [2.05, 4.69) is 5.32 Å². The molecule has 0 unspecified atom stereocenters. The van der Waals surface area contributed by atoms with Crippen LogP contribution in [0.25, 0.3) is 0 Å². The van der Waals surface area contributed by atoms with Crippen LogP contribution < -0.4 is 5.32 Å². The maximum Gasteiger partial charge on any atom is 0.255 e. The van der Waals surface area contributed by atoms with E-state index in [1.165, 1.54) is 42.5 Å². The summed E-state index contributed by atoms with van der Waals surface area (Å²) in [6.45, 7) is 0. The van der Waals surface area contributed by atoms with Gasteiger partial charge >= 0.3 is 0 Å². The third-order valence-corrected chi connectivity index (χ3v) is 3.16. The molecule has 1 amide bonds. The molecule has 92 valence electrons. The molecule has 0 aromatic heterocycles. The molecule has 0 saturated carbocycles. The number of carbonyl (C=O) groups excluding carboxylic acids is 1. The molecule has 2 aromatic rings. The number of anilines is 1. The van der Waals surface area contributed by atoms with Crippen molar-refractivity contribution in [3.05, 3.63) is 63.2 Å². The summed E-state index contributed by atoms with van der Waals surface area (Å²) in [4.78, 5) is 11.8. The molecular formula is C13H8F2INO. The number of hydrogen-bond donors (Lipinski definition) is 1. The zero-order valence-electron chi connectivity index (χ0n) is 9.08. The minimum absolute atomic E-state index is 0.220. The lowest BCUT2D eigenvalue weighted by molar-refractivity contribution is 0.102. The molecule has 0 heterocycles. The van der Waals surface area contributed by atoms with Gasteiger partial charge in [0.05, 0.1) is 0 Å². The molecule has 0 radical (unpaired) electrons. The van der Waals surface area contributed by atoms with Gasteiger partial charge in [0.15, 0.2) is 0 Å². The van der Waals surface area contributed by atoms with Gasteiger partial charge in [0.1, 0.15) is 11.6 Å². The minimum atomic E-state index is -0.442. The van der Waals surface area contributed by atoms with E-state index in [-0.39, 0.29) is 11.4 Å². The summed E-state index contributed by atoms with van der Waals surface area (Å²) in [5.41, 5.74) is 0.678. The lowest BCUT2D eigenvalue weighted by Crippen LogP contribution is -2.12. The van der Waals surface area contributed by atoms with Crippen LogP contribution in [0.5, 0.6) is 0 Å². The third kappa shape index (κ3) is 3.04. The smallest absolute Gasteiger partial charge is 0.255 e. The molecule has 0 fully saturated rings. The molecule has 0 aliphatic rings. The van der Waals surface area contributed by atoms with Crippen LogP contribution in [0.4, 0.5) is 14.5 Å². The number of nitrogens with one attached hydrogen (secondary N) is 1. The highest BCUT2D eigenvalue weighted by Gasteiger charge is 2.08. The Bertz CT molecular complexity index is 584. The largest absolute Gasteiger partial charge is 0.322 e. The number of amides is 1. The molecule has 0 atom stereocenters. The Hall–Kier alpha value is -1.50. The van der Waals surface area contributed by atoms with E-state index in [1.807, 2.05) is 22.6 Å². The van der Waals surface area contributed by atoms with Crippen LogP contribution in [-0.4, -0.2) is 5.91 Å². The van der Waals surface area contributed by atoms with Gasteiger partial charge in [0.2, 0.25) is 0 Å². The predicted octanol–water partition coefficient (Wildman–Crippen LogP) is 3.82. The summed E-state index contributed by atoms with van der Waals surface area (Å²) >= 11 is 1.84. The number of halogens is 3. The van der Waals surface area contributed by atoms with Crippen LogP contribution in [0.2, 0.25) is 0 Å². The second kappa shape index (κ2) is 5.43. The van der Waals surface area contributed by atoms with Crippen molar-refractivity contribution >= 4 is 34.2 Å². The molecule has 0 aliphatic heterocycles. The van der Waals surface area contributed by atoms with E-state index in [1.54, 1.807) is 0 Å². The van der Waals surface area contributed by atoms with Crippen molar-refractivity contribution in [2.75, 3.05) is 5.32 Å². The van der Waals surface area contributed by atoms with Gasteiger partial charge in [0, 0.05) is 14.8 Å². The molecular weight excluding hydrogens is 351 g/mol. The first-order valence-electron chi connectivity index (χ1n) is 5.08. The lowest BCUT2D eigenvalue weighted by atomic mass is 10.2. The molecule has 0 spiro atoms. The van der Waals surface area contributed by atoms with Crippen molar-refractivity contribution in [3.63, 3.8) is 0 Å². The van der Waals surface area contributed by atoms with Crippen LogP contribution in [0, 0.1) is 15.2 Å². The van der Waals surface area contributed by atoms with E-state index in [9.17, 15) is 13.6 Å². The Balaban J connectivity index is 2.16. The zero-order chi connectivity index (χ0) is 13.1. The highest BCUT2D eigenvalue weighted by molar-refractivity contribution is 14.1. The number of hydrogen-bond acceptors (Lipinski definition) is 1. The molecule has 2 rings (SSSR count). The van der Waals surface area contributed by atoms with Gasteiger partial charge in [-0.25, -0.2) is 8.78 Å². The summed E-state index contributed by atoms with van der Waals surface area (Å²) in [5, 5.41) is 2.56. The average Bonchev–Trinajstić information content (AvgIpc) is 2.35. The number of benzene rings is 2. The third-order valence-electron chi connectivity index (χ3n) is 2.28. The van der Waals surface area contributed by atoms with Gasteiger partial charge < -0.3 is 5.32 Å². The maximum absolute atomic E-state index is 13.3. The van der Waals surface area contributed by atoms with Crippen molar-refractivity contribution in [2.45, 2.75) is 0 Å². The highest BCUT2D eigenvalue weighted by Crippen LogP contribution is 2.15. The Morgan fingerprint density at radius 3 is 2.33 bits per heavy atom. The van der Waals surface area contributed by atoms with E-state index < -0.39 is 11.7 Å². The van der Waals surface area contributed by atoms with Crippen molar-refractivity contribution in [3.8, 4) is 0 Å². The normalized spacial score (nSPS) is 10.2. The summed E-state index contributed by atoms with van der Waals surface area (Å²) in [7, 11) is 0. The van der Waals surface area contributed by atoms with E-state index in [4.69, 9.17) is 0 Å². The van der Waals surface area contributed by atoms with E-state index >= 15 is 0 Å². The van der Waals surface area contributed by atoms with E-state index in [0.717, 1.165) is 0 Å². The van der Waals surface area contributed by atoms with Gasteiger partial charge in [-0.3, -0.25) is 4.79 Å². The van der Waals surface area contributed by atoms with Crippen molar-refractivity contribution in [1.82, 2.24) is 0 Å². The molecule has 0 saturated heterocycles. The van der Waals surface area contributed by atoms with Gasteiger partial charge in [-0.1, -0.05) is 0 Å². The van der Waals surface area contributed by atoms with Gasteiger partial charge in [-0.05, 0) is 65.1 Å². The average molecular weight is 359 g/mol. The molecule has 18 heavy (non-hydrogen) atoms. The van der Waals surface area contributed by atoms with Crippen LogP contribution in [0.3, 0.4) is 0 Å². The first-order chi connectivity index (χ1) is 8.56. The fraction of sp³-hybridized carbons (Fsp3) is 0. The number of rotatable bonds is 2. The van der Waals surface area contributed by atoms with Crippen LogP contribution in [0.1, 0.15) is 10.4 Å². The molecule has 1 N–H and O–H groups in total. The Kier molecular flexibility index (Phi) is 3.90. The van der Waals surface area contributed by atoms with Gasteiger partial charge in [-0.2, -0.15) is 0 Å². The van der Waals surface area contributed by atoms with Crippen LogP contribution >= 0.6 is 22.6 Å². The first-order valence-corrected chi connectivity index (χ1v) is 6.16. The SMILES string of the molecule is O=C(Nc1ccc(F)cc1)c1ccc(I)c(F)c1. The standard InChI is InChI=1S/C13H8F2INO/c14-9-2-4-10(5-3-9)17-13(18)8-1-6-12(16)11(15)7-8/h1-7H,(H,17,18). The number of carbonyl (C=O) groups is 1. The second-order valence-electron chi connectivity index (χ2n) is 3.59. The second-order valence-corrected chi connectivity index (χ2v) is 4.75. The monoisotopic (exact) mass is 359 g/mol. The maximum atomic E-state index is 13.3. The molecule has 0 bridgehead atoms. The molecule has 0 aliphatic carbocycles. The van der Waals surface area contributed by atoms with Gasteiger partial charge in [-0.15, -0.1) is 0 Å². The van der Waals surface area contributed by atoms with E-state index in [0.29, 0.717) is 9.26 Å². The topological polar surface area (TPSA) is 29.1 Å². The highest BCUT2D eigenvalue weighted by atomic mass is 127. The summed E-state index contributed by atoms with van der Waals surface area (Å²) in [6, 6.07) is 9.58.